The molecule has 0 saturated heterocycles. The lowest BCUT2D eigenvalue weighted by Crippen LogP contribution is -2.54. The van der Waals surface area contributed by atoms with Crippen LogP contribution >= 0.6 is 0 Å². The summed E-state index contributed by atoms with van der Waals surface area (Å²) in [6, 6.07) is 0.507. The highest BCUT2D eigenvalue weighted by molar-refractivity contribution is 5.85. The summed E-state index contributed by atoms with van der Waals surface area (Å²) in [4.78, 5) is 14.2. The van der Waals surface area contributed by atoms with Gasteiger partial charge in [-0.15, -0.1) is 0 Å². The van der Waals surface area contributed by atoms with E-state index in [1.54, 1.807) is 0 Å². The van der Waals surface area contributed by atoms with Gasteiger partial charge in [0.1, 0.15) is 0 Å². The summed E-state index contributed by atoms with van der Waals surface area (Å²) in [6.07, 6.45) is 5.27. The molecule has 2 atom stereocenters. The minimum absolute atomic E-state index is 0.182. The Bertz CT molecular complexity index is 270. The molecule has 106 valence electrons. The molecule has 0 heterocycles. The van der Waals surface area contributed by atoms with Crippen LogP contribution in [0.2, 0.25) is 0 Å². The standard InChI is InChI=1S/C14H29N3O/c1-4-7-10-17(6-3)12-8-9-14(11-12,13(15)18)16-5-2/h12,16H,4-11H2,1-3H3,(H2,15,18). The Morgan fingerprint density at radius 3 is 2.67 bits per heavy atom. The van der Waals surface area contributed by atoms with Gasteiger partial charge in [0.05, 0.1) is 5.54 Å². The molecule has 0 aliphatic heterocycles. The number of hydrogen-bond acceptors (Lipinski definition) is 3. The van der Waals surface area contributed by atoms with Gasteiger partial charge in [-0.25, -0.2) is 0 Å². The molecule has 1 amide bonds. The SMILES string of the molecule is CCCCN(CC)C1CCC(NCC)(C(N)=O)C1. The number of nitrogens with one attached hydrogen (secondary N) is 1. The quantitative estimate of drug-likeness (QED) is 0.691. The number of likely N-dealkylation sites (N-methyl/N-ethyl adjacent to an activating group) is 1. The number of carbonyl (C=O) groups excluding carboxylic acids is 1. The molecule has 1 saturated carbocycles. The van der Waals surface area contributed by atoms with Crippen molar-refractivity contribution in [3.05, 3.63) is 0 Å². The van der Waals surface area contributed by atoms with Gasteiger partial charge in [-0.3, -0.25) is 4.79 Å². The van der Waals surface area contributed by atoms with E-state index in [1.165, 1.54) is 12.8 Å². The van der Waals surface area contributed by atoms with Crippen molar-refractivity contribution < 1.29 is 4.79 Å². The molecule has 0 spiro atoms. The fraction of sp³-hybridized carbons (Fsp3) is 0.929. The van der Waals surface area contributed by atoms with Crippen molar-refractivity contribution in [1.82, 2.24) is 10.2 Å². The lowest BCUT2D eigenvalue weighted by atomic mass is 9.96. The van der Waals surface area contributed by atoms with E-state index in [0.717, 1.165) is 38.9 Å². The molecule has 0 radical (unpaired) electrons. The molecular formula is C14H29N3O. The first kappa shape index (κ1) is 15.4. The highest BCUT2D eigenvalue weighted by atomic mass is 16.1. The Balaban J connectivity index is 2.63. The van der Waals surface area contributed by atoms with Crippen LogP contribution in [0.5, 0.6) is 0 Å². The molecule has 4 nitrogen and oxygen atoms in total. The molecule has 4 heteroatoms. The number of primary amides is 1. The first-order chi connectivity index (χ1) is 8.59. The predicted octanol–water partition coefficient (Wildman–Crippen LogP) is 1.49. The molecule has 1 aliphatic rings. The molecule has 3 N–H and O–H groups in total. The third-order valence-corrected chi connectivity index (χ3v) is 4.20. The Labute approximate surface area is 111 Å². The van der Waals surface area contributed by atoms with Crippen molar-refractivity contribution in [2.75, 3.05) is 19.6 Å². The van der Waals surface area contributed by atoms with Crippen LogP contribution in [0.4, 0.5) is 0 Å². The monoisotopic (exact) mass is 255 g/mol. The number of rotatable bonds is 8. The van der Waals surface area contributed by atoms with E-state index >= 15 is 0 Å². The van der Waals surface area contributed by atoms with Crippen LogP contribution in [-0.2, 0) is 4.79 Å². The second kappa shape index (κ2) is 7.10. The lowest BCUT2D eigenvalue weighted by Gasteiger charge is -2.31. The number of nitrogens with zero attached hydrogens (tertiary/aromatic N) is 1. The predicted molar refractivity (Wildman–Crippen MR) is 75.4 cm³/mol. The van der Waals surface area contributed by atoms with Crippen molar-refractivity contribution in [2.45, 2.75) is 64.5 Å². The number of hydrogen-bond donors (Lipinski definition) is 2. The highest BCUT2D eigenvalue weighted by Gasteiger charge is 2.44. The third-order valence-electron chi connectivity index (χ3n) is 4.20. The number of amides is 1. The summed E-state index contributed by atoms with van der Waals surface area (Å²) in [7, 11) is 0. The van der Waals surface area contributed by atoms with Crippen LogP contribution in [0, 0.1) is 0 Å². The van der Waals surface area contributed by atoms with Crippen molar-refractivity contribution in [1.29, 1.82) is 0 Å². The normalized spacial score (nSPS) is 27.9. The molecule has 0 bridgehead atoms. The van der Waals surface area contributed by atoms with E-state index in [-0.39, 0.29) is 5.91 Å². The molecule has 1 rings (SSSR count). The molecule has 1 aliphatic carbocycles. The first-order valence-corrected chi connectivity index (χ1v) is 7.38. The van der Waals surface area contributed by atoms with Gasteiger partial charge in [-0.1, -0.05) is 27.2 Å². The van der Waals surface area contributed by atoms with Crippen LogP contribution in [0.25, 0.3) is 0 Å². The summed E-state index contributed by atoms with van der Waals surface area (Å²) in [5, 5.41) is 3.32. The molecule has 0 aromatic carbocycles. The molecule has 0 aromatic heterocycles. The minimum Gasteiger partial charge on any atom is -0.368 e. The zero-order valence-electron chi connectivity index (χ0n) is 12.2. The third kappa shape index (κ3) is 3.45. The van der Waals surface area contributed by atoms with E-state index in [1.807, 2.05) is 6.92 Å². The summed E-state index contributed by atoms with van der Waals surface area (Å²) in [6.45, 7) is 9.45. The van der Waals surface area contributed by atoms with Gasteiger partial charge >= 0.3 is 0 Å². The zero-order chi connectivity index (χ0) is 13.6. The van der Waals surface area contributed by atoms with Crippen LogP contribution in [0.15, 0.2) is 0 Å². The van der Waals surface area contributed by atoms with E-state index < -0.39 is 5.54 Å². The maximum absolute atomic E-state index is 11.7. The number of unbranched alkanes of at least 4 members (excludes halogenated alkanes) is 1. The minimum atomic E-state index is -0.459. The van der Waals surface area contributed by atoms with Gasteiger partial charge < -0.3 is 16.0 Å². The first-order valence-electron chi connectivity index (χ1n) is 7.38. The average Bonchev–Trinajstić information content (AvgIpc) is 2.76. The summed E-state index contributed by atoms with van der Waals surface area (Å²) >= 11 is 0. The smallest absolute Gasteiger partial charge is 0.237 e. The van der Waals surface area contributed by atoms with Crippen molar-refractivity contribution in [2.24, 2.45) is 5.73 Å². The highest BCUT2D eigenvalue weighted by Crippen LogP contribution is 2.33. The fourth-order valence-corrected chi connectivity index (χ4v) is 3.10. The van der Waals surface area contributed by atoms with Gasteiger partial charge in [-0.2, -0.15) is 0 Å². The largest absolute Gasteiger partial charge is 0.368 e. The topological polar surface area (TPSA) is 58.4 Å². The van der Waals surface area contributed by atoms with Crippen molar-refractivity contribution >= 4 is 5.91 Å². The fourth-order valence-electron chi connectivity index (χ4n) is 3.10. The van der Waals surface area contributed by atoms with E-state index in [2.05, 4.69) is 24.1 Å². The zero-order valence-corrected chi connectivity index (χ0v) is 12.2. The van der Waals surface area contributed by atoms with Crippen LogP contribution < -0.4 is 11.1 Å². The van der Waals surface area contributed by atoms with Crippen molar-refractivity contribution in [3.8, 4) is 0 Å². The van der Waals surface area contributed by atoms with Gasteiger partial charge in [0.15, 0.2) is 0 Å². The van der Waals surface area contributed by atoms with Crippen LogP contribution in [0.1, 0.15) is 52.9 Å². The number of nitrogens with two attached hydrogens (primary N) is 1. The molecule has 1 fully saturated rings. The molecule has 18 heavy (non-hydrogen) atoms. The second-order valence-corrected chi connectivity index (χ2v) is 5.36. The Morgan fingerprint density at radius 1 is 1.44 bits per heavy atom. The summed E-state index contributed by atoms with van der Waals surface area (Å²) in [5.74, 6) is -0.182. The van der Waals surface area contributed by atoms with E-state index in [0.29, 0.717) is 6.04 Å². The lowest BCUT2D eigenvalue weighted by molar-refractivity contribution is -0.124. The average molecular weight is 255 g/mol. The Kier molecular flexibility index (Phi) is 6.09. The summed E-state index contributed by atoms with van der Waals surface area (Å²) < 4.78 is 0. The Morgan fingerprint density at radius 2 is 2.17 bits per heavy atom. The second-order valence-electron chi connectivity index (χ2n) is 5.36. The molecular weight excluding hydrogens is 226 g/mol. The van der Waals surface area contributed by atoms with Gasteiger partial charge in [0.25, 0.3) is 0 Å². The van der Waals surface area contributed by atoms with Gasteiger partial charge in [-0.05, 0) is 45.3 Å². The van der Waals surface area contributed by atoms with E-state index in [9.17, 15) is 4.79 Å². The molecule has 2 unspecified atom stereocenters. The van der Waals surface area contributed by atoms with Crippen molar-refractivity contribution in [3.63, 3.8) is 0 Å². The van der Waals surface area contributed by atoms with Gasteiger partial charge in [0, 0.05) is 6.04 Å². The molecule has 0 aromatic rings. The number of carbonyl (C=O) groups is 1. The van der Waals surface area contributed by atoms with Crippen LogP contribution in [-0.4, -0.2) is 42.0 Å². The maximum Gasteiger partial charge on any atom is 0.237 e. The maximum atomic E-state index is 11.7. The Hall–Kier alpha value is -0.610. The van der Waals surface area contributed by atoms with Gasteiger partial charge in [0.2, 0.25) is 5.91 Å². The van der Waals surface area contributed by atoms with E-state index in [4.69, 9.17) is 5.73 Å². The summed E-state index contributed by atoms with van der Waals surface area (Å²) in [5.41, 5.74) is 5.14. The van der Waals surface area contributed by atoms with Crippen LogP contribution in [0.3, 0.4) is 0 Å².